The summed E-state index contributed by atoms with van der Waals surface area (Å²) in [5.41, 5.74) is 1.37. The molecule has 0 atom stereocenters. The number of aryl methyl sites for hydroxylation is 1. The number of anilines is 4. The van der Waals surface area contributed by atoms with Crippen molar-refractivity contribution in [3.63, 3.8) is 0 Å². The third kappa shape index (κ3) is 6.34. The molecule has 3 rings (SSSR count). The smallest absolute Gasteiger partial charge is 0.421 e. The minimum atomic E-state index is -4.58. The third-order valence-electron chi connectivity index (χ3n) is 4.55. The minimum absolute atomic E-state index is 0.0548. The number of unbranched alkanes of at least 4 members (excludes halogenated alkanes) is 1. The number of ether oxygens (including phenoxy) is 1. The lowest BCUT2D eigenvalue weighted by atomic mass is 10.1. The van der Waals surface area contributed by atoms with Crippen molar-refractivity contribution in [2.45, 2.75) is 39.3 Å². The molecule has 5 nitrogen and oxygen atoms in total. The Morgan fingerprint density at radius 2 is 1.55 bits per heavy atom. The summed E-state index contributed by atoms with van der Waals surface area (Å²) in [5, 5.41) is 5.71. The maximum atomic E-state index is 13.5. The summed E-state index contributed by atoms with van der Waals surface area (Å²) in [6, 6.07) is 14.3. The summed E-state index contributed by atoms with van der Waals surface area (Å²) in [6.07, 6.45) is -0.714. The van der Waals surface area contributed by atoms with Crippen LogP contribution in [0.5, 0.6) is 5.75 Å². The normalized spacial score (nSPS) is 11.3. The molecule has 1 aromatic heterocycles. The van der Waals surface area contributed by atoms with Gasteiger partial charge in [-0.1, -0.05) is 25.5 Å². The van der Waals surface area contributed by atoms with Gasteiger partial charge in [-0.25, -0.2) is 4.98 Å². The highest BCUT2D eigenvalue weighted by Crippen LogP contribution is 2.35. The van der Waals surface area contributed by atoms with Crippen molar-refractivity contribution in [2.75, 3.05) is 17.2 Å². The van der Waals surface area contributed by atoms with Crippen molar-refractivity contribution in [3.8, 4) is 5.75 Å². The van der Waals surface area contributed by atoms with E-state index >= 15 is 0 Å². The van der Waals surface area contributed by atoms with Crippen LogP contribution in [0.3, 0.4) is 0 Å². The number of benzene rings is 2. The molecule has 0 amide bonds. The van der Waals surface area contributed by atoms with Crippen LogP contribution < -0.4 is 15.4 Å². The Bertz CT molecular complexity index is 974. The molecule has 0 aliphatic heterocycles. The van der Waals surface area contributed by atoms with Gasteiger partial charge in [0.25, 0.3) is 0 Å². The van der Waals surface area contributed by atoms with Gasteiger partial charge in [-0.05, 0) is 61.7 Å². The van der Waals surface area contributed by atoms with E-state index in [0.717, 1.165) is 31.0 Å². The lowest BCUT2D eigenvalue weighted by Crippen LogP contribution is -2.12. The first-order chi connectivity index (χ1) is 14.9. The van der Waals surface area contributed by atoms with Crippen LogP contribution >= 0.6 is 0 Å². The lowest BCUT2D eigenvalue weighted by Gasteiger charge is -2.15. The van der Waals surface area contributed by atoms with Gasteiger partial charge in [0.15, 0.2) is 0 Å². The number of rotatable bonds is 9. The molecule has 2 N–H and O–H groups in total. The number of aromatic nitrogens is 2. The van der Waals surface area contributed by atoms with E-state index in [0.29, 0.717) is 23.7 Å². The molecule has 31 heavy (non-hydrogen) atoms. The van der Waals surface area contributed by atoms with Crippen LogP contribution in [0.1, 0.15) is 37.8 Å². The van der Waals surface area contributed by atoms with Gasteiger partial charge in [0.2, 0.25) is 5.95 Å². The van der Waals surface area contributed by atoms with Crippen molar-refractivity contribution >= 4 is 23.1 Å². The average Bonchev–Trinajstić information content (AvgIpc) is 2.74. The van der Waals surface area contributed by atoms with E-state index in [1.165, 1.54) is 0 Å². The van der Waals surface area contributed by atoms with Gasteiger partial charge in [0.05, 0.1) is 6.61 Å². The van der Waals surface area contributed by atoms with Crippen LogP contribution in [0, 0.1) is 0 Å². The SMILES string of the molecule is CCCCc1ccc(Nc2nc(Nc3ccc(OCC)cc3)ncc2C(F)(F)F)cc1. The number of hydrogen-bond donors (Lipinski definition) is 2. The quantitative estimate of drug-likeness (QED) is 0.394. The zero-order valence-corrected chi connectivity index (χ0v) is 17.5. The summed E-state index contributed by atoms with van der Waals surface area (Å²) >= 11 is 0. The monoisotopic (exact) mass is 430 g/mol. The Balaban J connectivity index is 1.81. The average molecular weight is 430 g/mol. The Hall–Kier alpha value is -3.29. The fourth-order valence-electron chi connectivity index (χ4n) is 2.95. The largest absolute Gasteiger partial charge is 0.494 e. The number of alkyl halides is 3. The summed E-state index contributed by atoms with van der Waals surface area (Å²) in [6.45, 7) is 4.54. The van der Waals surface area contributed by atoms with E-state index in [4.69, 9.17) is 4.74 Å². The summed E-state index contributed by atoms with van der Waals surface area (Å²) in [7, 11) is 0. The van der Waals surface area contributed by atoms with Gasteiger partial charge in [0.1, 0.15) is 17.1 Å². The van der Waals surface area contributed by atoms with Gasteiger partial charge >= 0.3 is 6.18 Å². The van der Waals surface area contributed by atoms with Crippen molar-refractivity contribution in [3.05, 3.63) is 65.9 Å². The Morgan fingerprint density at radius 1 is 0.903 bits per heavy atom. The molecule has 0 aliphatic carbocycles. The molecule has 164 valence electrons. The van der Waals surface area contributed by atoms with Crippen molar-refractivity contribution in [1.29, 1.82) is 0 Å². The topological polar surface area (TPSA) is 59.1 Å². The maximum Gasteiger partial charge on any atom is 0.421 e. The third-order valence-corrected chi connectivity index (χ3v) is 4.55. The Labute approximate surface area is 179 Å². The van der Waals surface area contributed by atoms with Gasteiger partial charge < -0.3 is 15.4 Å². The van der Waals surface area contributed by atoms with E-state index in [1.807, 2.05) is 19.1 Å². The molecule has 0 aliphatic rings. The van der Waals surface area contributed by atoms with Gasteiger partial charge in [-0.2, -0.15) is 18.2 Å². The van der Waals surface area contributed by atoms with Gasteiger partial charge in [-0.15, -0.1) is 0 Å². The molecule has 0 spiro atoms. The molecule has 0 bridgehead atoms. The Kier molecular flexibility index (Phi) is 7.33. The lowest BCUT2D eigenvalue weighted by molar-refractivity contribution is -0.137. The second kappa shape index (κ2) is 10.1. The van der Waals surface area contributed by atoms with Crippen molar-refractivity contribution < 1.29 is 17.9 Å². The number of nitrogens with zero attached hydrogens (tertiary/aromatic N) is 2. The summed E-state index contributed by atoms with van der Waals surface area (Å²) in [5.74, 6) is 0.447. The Morgan fingerprint density at radius 3 is 2.16 bits per heavy atom. The van der Waals surface area contributed by atoms with Crippen LogP contribution in [0.15, 0.2) is 54.7 Å². The number of hydrogen-bond acceptors (Lipinski definition) is 5. The second-order valence-electron chi connectivity index (χ2n) is 6.96. The highest BCUT2D eigenvalue weighted by Gasteiger charge is 2.35. The number of nitrogens with one attached hydrogen (secondary N) is 2. The molecule has 0 fully saturated rings. The fourth-order valence-corrected chi connectivity index (χ4v) is 2.95. The predicted molar refractivity (Wildman–Crippen MR) is 116 cm³/mol. The van der Waals surface area contributed by atoms with E-state index < -0.39 is 11.7 Å². The standard InChI is InChI=1S/C23H25F3N4O/c1-3-5-6-16-7-9-17(10-8-16)28-21-20(23(24,25)26)15-27-22(30-21)29-18-11-13-19(14-12-18)31-4-2/h7-15H,3-6H2,1-2H3,(H2,27,28,29,30). The zero-order chi connectivity index (χ0) is 22.3. The first-order valence-electron chi connectivity index (χ1n) is 10.2. The van der Waals surface area contributed by atoms with Crippen LogP contribution in [0.2, 0.25) is 0 Å². The fraction of sp³-hybridized carbons (Fsp3) is 0.304. The molecule has 0 radical (unpaired) electrons. The van der Waals surface area contributed by atoms with Crippen molar-refractivity contribution in [2.24, 2.45) is 0 Å². The zero-order valence-electron chi connectivity index (χ0n) is 17.5. The molecule has 8 heteroatoms. The molecule has 2 aromatic carbocycles. The van der Waals surface area contributed by atoms with E-state index in [-0.39, 0.29) is 11.8 Å². The predicted octanol–water partition coefficient (Wildman–Crippen LogP) is 6.72. The van der Waals surface area contributed by atoms with Gasteiger partial charge in [0, 0.05) is 17.6 Å². The first kappa shape index (κ1) is 22.4. The second-order valence-corrected chi connectivity index (χ2v) is 6.96. The molecule has 1 heterocycles. The number of halogens is 3. The molecular formula is C23H25F3N4O. The first-order valence-corrected chi connectivity index (χ1v) is 10.2. The van der Waals surface area contributed by atoms with Crippen LogP contribution in [0.4, 0.5) is 36.3 Å². The highest BCUT2D eigenvalue weighted by atomic mass is 19.4. The highest BCUT2D eigenvalue weighted by molar-refractivity contribution is 5.63. The van der Waals surface area contributed by atoms with Crippen LogP contribution in [0.25, 0.3) is 0 Å². The molecule has 0 unspecified atom stereocenters. The minimum Gasteiger partial charge on any atom is -0.494 e. The van der Waals surface area contributed by atoms with Crippen LogP contribution in [-0.4, -0.2) is 16.6 Å². The molecule has 0 saturated heterocycles. The van der Waals surface area contributed by atoms with E-state index in [1.54, 1.807) is 36.4 Å². The van der Waals surface area contributed by atoms with Gasteiger partial charge in [-0.3, -0.25) is 0 Å². The van der Waals surface area contributed by atoms with Crippen LogP contribution in [-0.2, 0) is 12.6 Å². The van der Waals surface area contributed by atoms with E-state index in [9.17, 15) is 13.2 Å². The molecule has 3 aromatic rings. The summed E-state index contributed by atoms with van der Waals surface area (Å²) < 4.78 is 45.8. The van der Waals surface area contributed by atoms with E-state index in [2.05, 4.69) is 27.5 Å². The molecular weight excluding hydrogens is 405 g/mol. The maximum absolute atomic E-state index is 13.5. The molecule has 0 saturated carbocycles. The van der Waals surface area contributed by atoms with Crippen molar-refractivity contribution in [1.82, 2.24) is 9.97 Å². The summed E-state index contributed by atoms with van der Waals surface area (Å²) in [4.78, 5) is 7.91.